The minimum absolute atomic E-state index is 0.0614. The third-order valence-electron chi connectivity index (χ3n) is 16.1. The Labute approximate surface area is 463 Å². The van der Waals surface area contributed by atoms with Gasteiger partial charge in [-0.25, -0.2) is 0 Å². The summed E-state index contributed by atoms with van der Waals surface area (Å²) in [6, 6.07) is 0. The number of rotatable bonds is 62. The summed E-state index contributed by atoms with van der Waals surface area (Å²) in [5.74, 6) is 0.935. The number of unbranched alkanes of at least 4 members (excludes halogenated alkanes) is 46. The largest absolute Gasteiger partial charge is 0.462 e. The van der Waals surface area contributed by atoms with Crippen LogP contribution in [0, 0.1) is 11.8 Å². The lowest BCUT2D eigenvalue weighted by Gasteiger charge is -2.18. The van der Waals surface area contributed by atoms with Gasteiger partial charge in [0.2, 0.25) is 0 Å². The molecule has 0 saturated heterocycles. The highest BCUT2D eigenvalue weighted by molar-refractivity contribution is 5.71. The number of carbonyl (C=O) groups excluding carboxylic acids is 3. The summed E-state index contributed by atoms with van der Waals surface area (Å²) in [7, 11) is 0. The van der Waals surface area contributed by atoms with Gasteiger partial charge in [0.1, 0.15) is 13.2 Å². The maximum Gasteiger partial charge on any atom is 0.306 e. The summed E-state index contributed by atoms with van der Waals surface area (Å²) in [4.78, 5) is 38.4. The molecule has 0 spiro atoms. The van der Waals surface area contributed by atoms with Crippen molar-refractivity contribution in [2.24, 2.45) is 11.8 Å². The second-order valence-electron chi connectivity index (χ2n) is 24.2. The molecule has 440 valence electrons. The van der Waals surface area contributed by atoms with Gasteiger partial charge in [0, 0.05) is 19.3 Å². The van der Waals surface area contributed by atoms with Gasteiger partial charge in [0.15, 0.2) is 6.10 Å². The Balaban J connectivity index is 4.26. The molecule has 1 unspecified atom stereocenters. The Bertz CT molecular complexity index is 1140. The molecule has 0 saturated carbocycles. The maximum atomic E-state index is 12.9. The molecule has 0 heterocycles. The molecule has 74 heavy (non-hydrogen) atoms. The number of ether oxygens (including phenoxy) is 3. The molecule has 0 aromatic carbocycles. The van der Waals surface area contributed by atoms with Crippen LogP contribution in [0.1, 0.15) is 388 Å². The van der Waals surface area contributed by atoms with Crippen LogP contribution in [0.25, 0.3) is 0 Å². The summed E-state index contributed by atoms with van der Waals surface area (Å²) in [6.07, 6.45) is 68.2. The van der Waals surface area contributed by atoms with E-state index in [9.17, 15) is 14.4 Å². The van der Waals surface area contributed by atoms with Crippen LogP contribution >= 0.6 is 0 Å². The van der Waals surface area contributed by atoms with Gasteiger partial charge in [-0.3, -0.25) is 14.4 Å². The topological polar surface area (TPSA) is 78.9 Å². The van der Waals surface area contributed by atoms with Gasteiger partial charge in [-0.05, 0) is 31.1 Å². The highest BCUT2D eigenvalue weighted by atomic mass is 16.6. The van der Waals surface area contributed by atoms with Crippen molar-refractivity contribution in [3.63, 3.8) is 0 Å². The lowest BCUT2D eigenvalue weighted by Crippen LogP contribution is -2.30. The smallest absolute Gasteiger partial charge is 0.306 e. The van der Waals surface area contributed by atoms with E-state index in [1.165, 1.54) is 276 Å². The zero-order chi connectivity index (χ0) is 53.9. The predicted octanol–water partition coefficient (Wildman–Crippen LogP) is 22.8. The molecule has 0 aliphatic carbocycles. The van der Waals surface area contributed by atoms with Gasteiger partial charge in [-0.1, -0.05) is 349 Å². The molecule has 0 rings (SSSR count). The Hall–Kier alpha value is -1.59. The van der Waals surface area contributed by atoms with Crippen molar-refractivity contribution >= 4 is 17.9 Å². The van der Waals surface area contributed by atoms with Crippen molar-refractivity contribution in [2.45, 2.75) is 394 Å². The quantitative estimate of drug-likeness (QED) is 0.0343. The van der Waals surface area contributed by atoms with Crippen molar-refractivity contribution in [3.05, 3.63) is 0 Å². The predicted molar refractivity (Wildman–Crippen MR) is 321 cm³/mol. The maximum absolute atomic E-state index is 12.9. The zero-order valence-electron chi connectivity index (χ0n) is 51.0. The van der Waals surface area contributed by atoms with Crippen LogP contribution in [0.5, 0.6) is 0 Å². The zero-order valence-corrected chi connectivity index (χ0v) is 51.0. The summed E-state index contributed by atoms with van der Waals surface area (Å²) in [5.41, 5.74) is 0. The van der Waals surface area contributed by atoms with E-state index in [4.69, 9.17) is 14.2 Å². The van der Waals surface area contributed by atoms with Crippen molar-refractivity contribution in [2.75, 3.05) is 13.2 Å². The highest BCUT2D eigenvalue weighted by Gasteiger charge is 2.20. The first kappa shape index (κ1) is 72.4. The van der Waals surface area contributed by atoms with Crippen LogP contribution in [-0.2, 0) is 28.6 Å². The van der Waals surface area contributed by atoms with Crippen molar-refractivity contribution in [1.29, 1.82) is 0 Å². The second-order valence-corrected chi connectivity index (χ2v) is 24.2. The van der Waals surface area contributed by atoms with E-state index in [-0.39, 0.29) is 31.1 Å². The molecule has 0 aliphatic rings. The van der Waals surface area contributed by atoms with Crippen LogP contribution in [0.3, 0.4) is 0 Å². The average Bonchev–Trinajstić information content (AvgIpc) is 3.39. The Morgan fingerprint density at radius 1 is 0.284 bits per heavy atom. The van der Waals surface area contributed by atoms with Gasteiger partial charge in [-0.2, -0.15) is 0 Å². The molecule has 0 fully saturated rings. The summed E-state index contributed by atoms with van der Waals surface area (Å²) >= 11 is 0. The third-order valence-corrected chi connectivity index (χ3v) is 16.1. The van der Waals surface area contributed by atoms with Gasteiger partial charge in [0.25, 0.3) is 0 Å². The van der Waals surface area contributed by atoms with Crippen LogP contribution in [0.15, 0.2) is 0 Å². The van der Waals surface area contributed by atoms with Gasteiger partial charge < -0.3 is 14.2 Å². The molecular weight excluding hydrogens is 913 g/mol. The van der Waals surface area contributed by atoms with Gasteiger partial charge >= 0.3 is 17.9 Å². The van der Waals surface area contributed by atoms with E-state index in [0.717, 1.165) is 69.6 Å². The molecular formula is C68H132O6. The fourth-order valence-electron chi connectivity index (χ4n) is 10.6. The lowest BCUT2D eigenvalue weighted by molar-refractivity contribution is -0.167. The average molecular weight is 1050 g/mol. The molecule has 6 nitrogen and oxygen atoms in total. The van der Waals surface area contributed by atoms with Crippen molar-refractivity contribution in [1.82, 2.24) is 0 Å². The molecule has 0 amide bonds. The summed E-state index contributed by atoms with van der Waals surface area (Å²) in [5, 5.41) is 0. The van der Waals surface area contributed by atoms with Crippen molar-refractivity contribution < 1.29 is 28.6 Å². The van der Waals surface area contributed by atoms with E-state index < -0.39 is 6.10 Å². The third kappa shape index (κ3) is 59.7. The fourth-order valence-corrected chi connectivity index (χ4v) is 10.6. The fraction of sp³-hybridized carbons (Fsp3) is 0.956. The minimum atomic E-state index is -0.764. The standard InChI is InChI=1S/C68H132O6/c1-6-8-9-10-11-12-13-14-21-28-33-38-43-48-53-58-66(69)72-61-65(74-68(71)60-55-50-45-40-35-30-25-20-19-22-26-31-36-41-46-51-56-63(3)4)62-73-67(70)59-54-49-44-39-34-29-24-18-16-15-17-23-27-32-37-42-47-52-57-64(5)7-2/h63-65H,6-62H2,1-5H3/t64?,65-/m1/s1. The second kappa shape index (κ2) is 60.6. The highest BCUT2D eigenvalue weighted by Crippen LogP contribution is 2.20. The van der Waals surface area contributed by atoms with Crippen molar-refractivity contribution in [3.8, 4) is 0 Å². The lowest BCUT2D eigenvalue weighted by atomic mass is 9.99. The molecule has 0 aliphatic heterocycles. The van der Waals surface area contributed by atoms with Crippen LogP contribution < -0.4 is 0 Å². The van der Waals surface area contributed by atoms with E-state index in [0.29, 0.717) is 19.3 Å². The van der Waals surface area contributed by atoms with E-state index in [2.05, 4.69) is 34.6 Å². The van der Waals surface area contributed by atoms with Crippen LogP contribution in [0.4, 0.5) is 0 Å². The molecule has 2 atom stereocenters. The molecule has 0 bridgehead atoms. The van der Waals surface area contributed by atoms with E-state index in [1.54, 1.807) is 0 Å². The first-order chi connectivity index (χ1) is 36.3. The number of esters is 3. The molecule has 0 aromatic rings. The van der Waals surface area contributed by atoms with E-state index in [1.807, 2.05) is 0 Å². The van der Waals surface area contributed by atoms with Crippen LogP contribution in [0.2, 0.25) is 0 Å². The SMILES string of the molecule is CCCCCCCCCCCCCCCCCC(=O)OC[C@H](COC(=O)CCCCCCCCCCCCCCCCCCCCC(C)CC)OC(=O)CCCCCCCCCCCCCCCCCCC(C)C. The summed E-state index contributed by atoms with van der Waals surface area (Å²) < 4.78 is 17.0. The Kier molecular flexibility index (Phi) is 59.3. The Morgan fingerprint density at radius 3 is 0.770 bits per heavy atom. The molecule has 0 radical (unpaired) electrons. The van der Waals surface area contributed by atoms with Gasteiger partial charge in [-0.15, -0.1) is 0 Å². The Morgan fingerprint density at radius 2 is 0.514 bits per heavy atom. The minimum Gasteiger partial charge on any atom is -0.462 e. The molecule has 0 aromatic heterocycles. The van der Waals surface area contributed by atoms with E-state index >= 15 is 0 Å². The van der Waals surface area contributed by atoms with Gasteiger partial charge in [0.05, 0.1) is 0 Å². The molecule has 6 heteroatoms. The first-order valence-electron chi connectivity index (χ1n) is 33.8. The monoisotopic (exact) mass is 1050 g/mol. The number of hydrogen-bond acceptors (Lipinski definition) is 6. The first-order valence-corrected chi connectivity index (χ1v) is 33.8. The normalized spacial score (nSPS) is 12.4. The molecule has 0 N–H and O–H groups in total. The number of carbonyl (C=O) groups is 3. The van der Waals surface area contributed by atoms with Crippen LogP contribution in [-0.4, -0.2) is 37.2 Å². The number of hydrogen-bond donors (Lipinski definition) is 0. The summed E-state index contributed by atoms with van der Waals surface area (Å²) in [6.45, 7) is 11.5.